The van der Waals surface area contributed by atoms with Crippen molar-refractivity contribution in [2.45, 2.75) is 12.5 Å². The smallest absolute Gasteiger partial charge is 0.254 e. The van der Waals surface area contributed by atoms with E-state index in [1.807, 2.05) is 29.2 Å². The first-order chi connectivity index (χ1) is 8.70. The van der Waals surface area contributed by atoms with Crippen LogP contribution in [0.4, 0.5) is 0 Å². The topological polar surface area (TPSA) is 55.6 Å². The van der Waals surface area contributed by atoms with Gasteiger partial charge in [-0.1, -0.05) is 15.9 Å². The second kappa shape index (κ2) is 6.31. The molecule has 1 amide bonds. The zero-order chi connectivity index (χ0) is 13.0. The molecule has 1 aliphatic rings. The first kappa shape index (κ1) is 13.5. The van der Waals surface area contributed by atoms with Crippen LogP contribution in [0.1, 0.15) is 16.8 Å². The van der Waals surface area contributed by atoms with Gasteiger partial charge in [-0.05, 0) is 37.2 Å². The molecule has 0 bridgehead atoms. The number of carbonyl (C=O) groups excluding carboxylic acids is 1. The Kier molecular flexibility index (Phi) is 4.74. The fraction of sp³-hybridized carbons (Fsp3) is 0.462. The molecular weight excluding hydrogens is 296 g/mol. The van der Waals surface area contributed by atoms with E-state index in [1.54, 1.807) is 0 Å². The third kappa shape index (κ3) is 3.31. The Morgan fingerprint density at radius 3 is 2.83 bits per heavy atom. The molecule has 1 aromatic rings. The molecule has 4 nitrogen and oxygen atoms in total. The lowest BCUT2D eigenvalue weighted by Crippen LogP contribution is -2.46. The van der Waals surface area contributed by atoms with Crippen molar-refractivity contribution in [2.75, 3.05) is 26.2 Å². The first-order valence-corrected chi connectivity index (χ1v) is 6.86. The molecule has 1 heterocycles. The average Bonchev–Trinajstić information content (AvgIpc) is 2.39. The number of carbonyl (C=O) groups is 1. The van der Waals surface area contributed by atoms with E-state index < -0.39 is 0 Å². The molecule has 0 saturated carbocycles. The van der Waals surface area contributed by atoms with Gasteiger partial charge in [0.15, 0.2) is 0 Å². The maximum absolute atomic E-state index is 12.3. The van der Waals surface area contributed by atoms with Gasteiger partial charge in [-0.2, -0.15) is 0 Å². The van der Waals surface area contributed by atoms with Crippen molar-refractivity contribution >= 4 is 21.8 Å². The molecule has 1 unspecified atom stereocenters. The van der Waals surface area contributed by atoms with Crippen LogP contribution >= 0.6 is 15.9 Å². The molecule has 1 saturated heterocycles. The lowest BCUT2D eigenvalue weighted by Gasteiger charge is -2.33. The summed E-state index contributed by atoms with van der Waals surface area (Å²) in [6, 6.07) is 7.43. The molecule has 2 rings (SSSR count). The van der Waals surface area contributed by atoms with Crippen molar-refractivity contribution < 1.29 is 9.53 Å². The number of benzene rings is 1. The van der Waals surface area contributed by atoms with Gasteiger partial charge < -0.3 is 15.4 Å². The van der Waals surface area contributed by atoms with Crippen LogP contribution in [0.2, 0.25) is 0 Å². The summed E-state index contributed by atoms with van der Waals surface area (Å²) in [4.78, 5) is 14.1. The molecule has 0 aromatic heterocycles. The van der Waals surface area contributed by atoms with E-state index in [-0.39, 0.29) is 12.0 Å². The summed E-state index contributed by atoms with van der Waals surface area (Å²) in [6.45, 7) is 2.46. The minimum Gasteiger partial charge on any atom is -0.374 e. The Hall–Kier alpha value is -0.910. The number of halogens is 1. The molecule has 1 aliphatic heterocycles. The quantitative estimate of drug-likeness (QED) is 0.923. The summed E-state index contributed by atoms with van der Waals surface area (Å²) in [7, 11) is 0. The predicted molar refractivity (Wildman–Crippen MR) is 73.5 cm³/mol. The lowest BCUT2D eigenvalue weighted by molar-refractivity contribution is -0.0236. The van der Waals surface area contributed by atoms with Crippen LogP contribution in [-0.4, -0.2) is 43.2 Å². The van der Waals surface area contributed by atoms with Crippen LogP contribution < -0.4 is 5.73 Å². The van der Waals surface area contributed by atoms with E-state index in [9.17, 15) is 4.79 Å². The highest BCUT2D eigenvalue weighted by Crippen LogP contribution is 2.15. The molecule has 0 aliphatic carbocycles. The Labute approximate surface area is 115 Å². The standard InChI is InChI=1S/C13H17BrN2O2/c14-11-3-1-10(2-4-11)13(17)16-7-8-18-12(9-16)5-6-15/h1-4,12H,5-9,15H2. The molecule has 2 N–H and O–H groups in total. The van der Waals surface area contributed by atoms with Crippen molar-refractivity contribution in [1.29, 1.82) is 0 Å². The minimum absolute atomic E-state index is 0.0628. The third-order valence-corrected chi connectivity index (χ3v) is 3.53. The first-order valence-electron chi connectivity index (χ1n) is 6.07. The van der Waals surface area contributed by atoms with Gasteiger partial charge in [0.05, 0.1) is 12.7 Å². The highest BCUT2D eigenvalue weighted by molar-refractivity contribution is 9.10. The maximum atomic E-state index is 12.3. The van der Waals surface area contributed by atoms with Crippen molar-refractivity contribution in [3.8, 4) is 0 Å². The van der Waals surface area contributed by atoms with Crippen LogP contribution in [0, 0.1) is 0 Å². The Balaban J connectivity index is 2.02. The third-order valence-electron chi connectivity index (χ3n) is 3.01. The van der Waals surface area contributed by atoms with Crippen LogP contribution in [0.3, 0.4) is 0 Å². The molecule has 18 heavy (non-hydrogen) atoms. The van der Waals surface area contributed by atoms with Gasteiger partial charge in [0, 0.05) is 23.1 Å². The number of amides is 1. The number of hydrogen-bond acceptors (Lipinski definition) is 3. The van der Waals surface area contributed by atoms with Crippen LogP contribution in [0.15, 0.2) is 28.7 Å². The molecule has 1 fully saturated rings. The van der Waals surface area contributed by atoms with Gasteiger partial charge in [0.2, 0.25) is 0 Å². The molecule has 1 aromatic carbocycles. The monoisotopic (exact) mass is 312 g/mol. The molecule has 98 valence electrons. The summed E-state index contributed by atoms with van der Waals surface area (Å²) in [6.07, 6.45) is 0.868. The van der Waals surface area contributed by atoms with E-state index in [2.05, 4.69) is 15.9 Å². The number of ether oxygens (including phenoxy) is 1. The summed E-state index contributed by atoms with van der Waals surface area (Å²) in [5.74, 6) is 0.0628. The van der Waals surface area contributed by atoms with Gasteiger partial charge in [-0.3, -0.25) is 4.79 Å². The van der Waals surface area contributed by atoms with Crippen molar-refractivity contribution in [1.82, 2.24) is 4.90 Å². The summed E-state index contributed by atoms with van der Waals surface area (Å²) < 4.78 is 6.55. The molecule has 0 radical (unpaired) electrons. The Morgan fingerprint density at radius 1 is 1.44 bits per heavy atom. The minimum atomic E-state index is 0.0628. The second-order valence-corrected chi connectivity index (χ2v) is 5.24. The zero-order valence-electron chi connectivity index (χ0n) is 10.1. The van der Waals surface area contributed by atoms with Gasteiger partial charge >= 0.3 is 0 Å². The van der Waals surface area contributed by atoms with E-state index in [4.69, 9.17) is 10.5 Å². The predicted octanol–water partition coefficient (Wildman–Crippen LogP) is 1.64. The Bertz CT molecular complexity index is 406. The van der Waals surface area contributed by atoms with E-state index >= 15 is 0 Å². The van der Waals surface area contributed by atoms with Crippen molar-refractivity contribution in [3.05, 3.63) is 34.3 Å². The Morgan fingerprint density at radius 2 is 2.17 bits per heavy atom. The SMILES string of the molecule is NCCC1CN(C(=O)c2ccc(Br)cc2)CCO1. The highest BCUT2D eigenvalue weighted by Gasteiger charge is 2.24. The number of hydrogen-bond donors (Lipinski definition) is 1. The van der Waals surface area contributed by atoms with Gasteiger partial charge in [-0.15, -0.1) is 0 Å². The average molecular weight is 313 g/mol. The number of rotatable bonds is 3. The van der Waals surface area contributed by atoms with Gasteiger partial charge in [0.1, 0.15) is 0 Å². The summed E-state index contributed by atoms with van der Waals surface area (Å²) in [5, 5.41) is 0. The summed E-state index contributed by atoms with van der Waals surface area (Å²) in [5.41, 5.74) is 6.23. The largest absolute Gasteiger partial charge is 0.374 e. The number of nitrogens with two attached hydrogens (primary N) is 1. The van der Waals surface area contributed by atoms with Gasteiger partial charge in [0.25, 0.3) is 5.91 Å². The van der Waals surface area contributed by atoms with Crippen molar-refractivity contribution in [3.63, 3.8) is 0 Å². The fourth-order valence-corrected chi connectivity index (χ4v) is 2.30. The van der Waals surface area contributed by atoms with Crippen LogP contribution in [-0.2, 0) is 4.74 Å². The highest BCUT2D eigenvalue weighted by atomic mass is 79.9. The number of morpholine rings is 1. The second-order valence-electron chi connectivity index (χ2n) is 4.33. The molecule has 0 spiro atoms. The molecule has 1 atom stereocenters. The normalized spacial score (nSPS) is 19.9. The lowest BCUT2D eigenvalue weighted by atomic mass is 10.1. The fourth-order valence-electron chi connectivity index (χ4n) is 2.04. The maximum Gasteiger partial charge on any atom is 0.254 e. The zero-order valence-corrected chi connectivity index (χ0v) is 11.7. The van der Waals surface area contributed by atoms with Crippen molar-refractivity contribution in [2.24, 2.45) is 5.73 Å². The van der Waals surface area contributed by atoms with E-state index in [1.165, 1.54) is 0 Å². The molecule has 5 heteroatoms. The van der Waals surface area contributed by atoms with E-state index in [0.29, 0.717) is 31.8 Å². The van der Waals surface area contributed by atoms with Crippen LogP contribution in [0.25, 0.3) is 0 Å². The molecular formula is C13H17BrN2O2. The number of nitrogens with zero attached hydrogens (tertiary/aromatic N) is 1. The van der Waals surface area contributed by atoms with E-state index in [0.717, 1.165) is 10.9 Å². The summed E-state index contributed by atoms with van der Waals surface area (Å²) >= 11 is 3.36. The van der Waals surface area contributed by atoms with Crippen LogP contribution in [0.5, 0.6) is 0 Å². The van der Waals surface area contributed by atoms with Gasteiger partial charge in [-0.25, -0.2) is 0 Å².